The third-order valence-electron chi connectivity index (χ3n) is 3.27. The maximum absolute atomic E-state index is 12.6. The number of anilines is 1. The van der Waals surface area contributed by atoms with Crippen LogP contribution in [0, 0.1) is 0 Å². The molecular weight excluding hydrogens is 368 g/mol. The zero-order valence-corrected chi connectivity index (χ0v) is 14.0. The van der Waals surface area contributed by atoms with Crippen LogP contribution in [-0.2, 0) is 4.74 Å². The summed E-state index contributed by atoms with van der Waals surface area (Å²) < 4.78 is 35.8. The number of nitrogens with one attached hydrogen (secondary N) is 1. The van der Waals surface area contributed by atoms with Gasteiger partial charge in [-0.15, -0.1) is 0 Å². The third kappa shape index (κ3) is 4.69. The Morgan fingerprint density at radius 3 is 2.52 bits per heavy atom. The Balaban J connectivity index is 2.21. The van der Waals surface area contributed by atoms with Gasteiger partial charge in [0.05, 0.1) is 22.4 Å². The molecule has 1 saturated heterocycles. The standard InChI is InChI=1S/C14H17BrClF2NO2/c1-7-3-10(4-8(2)20-7)19-12-6-9(16)5-11(15)13(12)21-14(17)18/h5-8,10,14,19H,3-4H2,1-2H3. The highest BCUT2D eigenvalue weighted by Crippen LogP contribution is 2.38. The van der Waals surface area contributed by atoms with Crippen molar-refractivity contribution in [2.24, 2.45) is 0 Å². The number of benzene rings is 1. The summed E-state index contributed by atoms with van der Waals surface area (Å²) in [5, 5.41) is 3.69. The van der Waals surface area contributed by atoms with E-state index in [9.17, 15) is 8.78 Å². The Labute approximate surface area is 136 Å². The molecule has 1 fully saturated rings. The van der Waals surface area contributed by atoms with E-state index in [-0.39, 0.29) is 24.0 Å². The van der Waals surface area contributed by atoms with Crippen molar-refractivity contribution in [3.63, 3.8) is 0 Å². The highest BCUT2D eigenvalue weighted by atomic mass is 79.9. The molecule has 0 saturated carbocycles. The van der Waals surface area contributed by atoms with Gasteiger partial charge in [-0.2, -0.15) is 8.78 Å². The monoisotopic (exact) mass is 383 g/mol. The lowest BCUT2D eigenvalue weighted by Gasteiger charge is -2.33. The Kier molecular flexibility index (Phi) is 5.68. The first-order valence-corrected chi connectivity index (χ1v) is 7.88. The SMILES string of the molecule is CC1CC(Nc2cc(Cl)cc(Br)c2OC(F)F)CC(C)O1. The largest absolute Gasteiger partial charge is 0.431 e. The number of alkyl halides is 2. The van der Waals surface area contributed by atoms with Crippen molar-refractivity contribution in [1.82, 2.24) is 0 Å². The molecule has 1 N–H and O–H groups in total. The van der Waals surface area contributed by atoms with Gasteiger partial charge >= 0.3 is 6.61 Å². The van der Waals surface area contributed by atoms with Crippen molar-refractivity contribution >= 4 is 33.2 Å². The summed E-state index contributed by atoms with van der Waals surface area (Å²) in [6, 6.07) is 3.24. The average Bonchev–Trinajstić information content (AvgIpc) is 2.31. The Bertz CT molecular complexity index is 494. The van der Waals surface area contributed by atoms with Crippen molar-refractivity contribution in [2.45, 2.75) is 51.6 Å². The minimum Gasteiger partial charge on any atom is -0.431 e. The van der Waals surface area contributed by atoms with Crippen LogP contribution < -0.4 is 10.1 Å². The topological polar surface area (TPSA) is 30.5 Å². The molecule has 118 valence electrons. The Morgan fingerprint density at radius 1 is 1.33 bits per heavy atom. The fourth-order valence-corrected chi connectivity index (χ4v) is 3.52. The van der Waals surface area contributed by atoms with Gasteiger partial charge in [0.25, 0.3) is 0 Å². The van der Waals surface area contributed by atoms with Crippen molar-refractivity contribution in [1.29, 1.82) is 0 Å². The smallest absolute Gasteiger partial charge is 0.387 e. The molecule has 1 aromatic carbocycles. The van der Waals surface area contributed by atoms with Crippen LogP contribution in [-0.4, -0.2) is 24.9 Å². The van der Waals surface area contributed by atoms with Gasteiger partial charge in [-0.05, 0) is 54.8 Å². The molecule has 1 heterocycles. The summed E-state index contributed by atoms with van der Waals surface area (Å²) in [6.07, 6.45) is 1.83. The normalized spacial score (nSPS) is 26.0. The second kappa shape index (κ2) is 7.11. The zero-order valence-electron chi connectivity index (χ0n) is 11.7. The molecule has 1 aromatic rings. The molecule has 0 spiro atoms. The van der Waals surface area contributed by atoms with Gasteiger partial charge in [0, 0.05) is 11.1 Å². The van der Waals surface area contributed by atoms with E-state index in [0.29, 0.717) is 15.2 Å². The molecular formula is C14H17BrClF2NO2. The van der Waals surface area contributed by atoms with E-state index in [1.165, 1.54) is 6.07 Å². The molecule has 3 nitrogen and oxygen atoms in total. The molecule has 0 radical (unpaired) electrons. The lowest BCUT2D eigenvalue weighted by molar-refractivity contribution is -0.0503. The predicted molar refractivity (Wildman–Crippen MR) is 82.4 cm³/mol. The van der Waals surface area contributed by atoms with E-state index in [1.807, 2.05) is 13.8 Å². The number of rotatable bonds is 4. The molecule has 0 aromatic heterocycles. The van der Waals surface area contributed by atoms with Crippen molar-refractivity contribution in [2.75, 3.05) is 5.32 Å². The summed E-state index contributed by atoms with van der Waals surface area (Å²) in [5.41, 5.74) is 0.459. The van der Waals surface area contributed by atoms with Gasteiger partial charge in [0.2, 0.25) is 0 Å². The van der Waals surface area contributed by atoms with Crippen molar-refractivity contribution < 1.29 is 18.3 Å². The van der Waals surface area contributed by atoms with Gasteiger partial charge in [-0.3, -0.25) is 0 Å². The van der Waals surface area contributed by atoms with Crippen LogP contribution in [0.15, 0.2) is 16.6 Å². The van der Waals surface area contributed by atoms with E-state index >= 15 is 0 Å². The van der Waals surface area contributed by atoms with Gasteiger partial charge in [-0.1, -0.05) is 11.6 Å². The molecule has 2 unspecified atom stereocenters. The fourth-order valence-electron chi connectivity index (χ4n) is 2.62. The molecule has 1 aliphatic heterocycles. The van der Waals surface area contributed by atoms with Gasteiger partial charge in [0.1, 0.15) is 0 Å². The maximum Gasteiger partial charge on any atom is 0.387 e. The lowest BCUT2D eigenvalue weighted by atomic mass is 9.99. The fraction of sp³-hybridized carbons (Fsp3) is 0.571. The second-order valence-electron chi connectivity index (χ2n) is 5.21. The van der Waals surface area contributed by atoms with Crippen molar-refractivity contribution in [3.05, 3.63) is 21.6 Å². The minimum absolute atomic E-state index is 0.0706. The van der Waals surface area contributed by atoms with E-state index < -0.39 is 6.61 Å². The van der Waals surface area contributed by atoms with Crippen LogP contribution in [0.25, 0.3) is 0 Å². The number of hydrogen-bond acceptors (Lipinski definition) is 3. The van der Waals surface area contributed by atoms with E-state index in [0.717, 1.165) is 12.8 Å². The van der Waals surface area contributed by atoms with Crippen LogP contribution >= 0.6 is 27.5 Å². The van der Waals surface area contributed by atoms with Crippen LogP contribution in [0.1, 0.15) is 26.7 Å². The number of ether oxygens (including phenoxy) is 2. The summed E-state index contributed by atoms with van der Waals surface area (Å²) >= 11 is 9.20. The first kappa shape index (κ1) is 16.8. The average molecular weight is 385 g/mol. The van der Waals surface area contributed by atoms with Gasteiger partial charge < -0.3 is 14.8 Å². The van der Waals surface area contributed by atoms with Crippen LogP contribution in [0.4, 0.5) is 14.5 Å². The first-order valence-electron chi connectivity index (χ1n) is 6.71. The quantitative estimate of drug-likeness (QED) is 0.786. The first-order chi connectivity index (χ1) is 9.85. The zero-order chi connectivity index (χ0) is 15.6. The molecule has 1 aliphatic rings. The van der Waals surface area contributed by atoms with Crippen molar-refractivity contribution in [3.8, 4) is 5.75 Å². The summed E-state index contributed by atoms with van der Waals surface area (Å²) in [6.45, 7) is 1.10. The molecule has 0 aliphatic carbocycles. The summed E-state index contributed by atoms with van der Waals surface area (Å²) in [5.74, 6) is 0.0706. The minimum atomic E-state index is -2.89. The summed E-state index contributed by atoms with van der Waals surface area (Å²) in [7, 11) is 0. The Morgan fingerprint density at radius 2 is 1.95 bits per heavy atom. The maximum atomic E-state index is 12.6. The van der Waals surface area contributed by atoms with Gasteiger partial charge in [-0.25, -0.2) is 0 Å². The van der Waals surface area contributed by atoms with Crippen LogP contribution in [0.3, 0.4) is 0 Å². The van der Waals surface area contributed by atoms with Gasteiger partial charge in [0.15, 0.2) is 5.75 Å². The van der Waals surface area contributed by atoms with E-state index in [4.69, 9.17) is 16.3 Å². The second-order valence-corrected chi connectivity index (χ2v) is 6.50. The van der Waals surface area contributed by atoms with Crippen LogP contribution in [0.2, 0.25) is 5.02 Å². The Hall–Kier alpha value is -0.590. The molecule has 7 heteroatoms. The number of hydrogen-bond donors (Lipinski definition) is 1. The predicted octanol–water partition coefficient (Wildman–Crippen LogP) is 5.07. The molecule has 21 heavy (non-hydrogen) atoms. The number of halogens is 4. The highest BCUT2D eigenvalue weighted by molar-refractivity contribution is 9.10. The molecule has 2 rings (SSSR count). The summed E-state index contributed by atoms with van der Waals surface area (Å²) in [4.78, 5) is 0. The van der Waals surface area contributed by atoms with E-state index in [2.05, 4.69) is 26.0 Å². The molecule has 2 atom stereocenters. The highest BCUT2D eigenvalue weighted by Gasteiger charge is 2.26. The molecule has 0 amide bonds. The lowest BCUT2D eigenvalue weighted by Crippen LogP contribution is -2.37. The third-order valence-corrected chi connectivity index (χ3v) is 4.08. The van der Waals surface area contributed by atoms with Crippen LogP contribution in [0.5, 0.6) is 5.75 Å². The van der Waals surface area contributed by atoms with E-state index in [1.54, 1.807) is 6.07 Å². The molecule has 0 bridgehead atoms.